The number of nitrogen functional groups attached to an aromatic ring is 1. The maximum atomic E-state index is 11.5. The van der Waals surface area contributed by atoms with E-state index in [4.69, 9.17) is 5.73 Å². The van der Waals surface area contributed by atoms with Crippen molar-refractivity contribution in [3.63, 3.8) is 0 Å². The highest BCUT2D eigenvalue weighted by Gasteiger charge is 2.08. The standard InChI is InChI=1S/C10H16N4O4S/c1-12-19(17,18)5-4-13-9(15)7-14-6-8(11)2-3-10(14)16/h2-3,6,12H,4-5,7,11H2,1H3,(H,13,15). The quantitative estimate of drug-likeness (QED) is 0.564. The number of hydrogen-bond donors (Lipinski definition) is 3. The van der Waals surface area contributed by atoms with Crippen molar-refractivity contribution in [3.05, 3.63) is 28.7 Å². The Bertz CT molecular complexity index is 608. The Kier molecular flexibility index (Phi) is 5.07. The van der Waals surface area contributed by atoms with E-state index in [9.17, 15) is 18.0 Å². The van der Waals surface area contributed by atoms with Crippen molar-refractivity contribution in [1.29, 1.82) is 0 Å². The van der Waals surface area contributed by atoms with E-state index in [-0.39, 0.29) is 24.4 Å². The topological polar surface area (TPSA) is 123 Å². The third-order valence-electron chi connectivity index (χ3n) is 2.32. The second kappa shape index (κ2) is 6.34. The van der Waals surface area contributed by atoms with E-state index in [0.717, 1.165) is 4.57 Å². The molecule has 0 fully saturated rings. The average Bonchev–Trinajstić information content (AvgIpc) is 2.33. The summed E-state index contributed by atoms with van der Waals surface area (Å²) in [6, 6.07) is 2.70. The van der Waals surface area contributed by atoms with Gasteiger partial charge in [-0.1, -0.05) is 0 Å². The fraction of sp³-hybridized carbons (Fsp3) is 0.400. The maximum absolute atomic E-state index is 11.5. The molecule has 0 aliphatic heterocycles. The second-order valence-corrected chi connectivity index (χ2v) is 5.85. The second-order valence-electron chi connectivity index (χ2n) is 3.80. The average molecular weight is 288 g/mol. The predicted octanol–water partition coefficient (Wildman–Crippen LogP) is -1.90. The van der Waals surface area contributed by atoms with E-state index in [2.05, 4.69) is 10.0 Å². The van der Waals surface area contributed by atoms with Gasteiger partial charge in [0.1, 0.15) is 6.54 Å². The summed E-state index contributed by atoms with van der Waals surface area (Å²) in [6.07, 6.45) is 1.35. The lowest BCUT2D eigenvalue weighted by atomic mass is 10.4. The maximum Gasteiger partial charge on any atom is 0.251 e. The molecule has 4 N–H and O–H groups in total. The van der Waals surface area contributed by atoms with Gasteiger partial charge in [0.05, 0.1) is 5.75 Å². The number of sulfonamides is 1. The van der Waals surface area contributed by atoms with Crippen LogP contribution in [0, 0.1) is 0 Å². The molecule has 1 heterocycles. The molecule has 0 atom stereocenters. The van der Waals surface area contributed by atoms with Gasteiger partial charge in [-0.3, -0.25) is 9.59 Å². The molecule has 0 saturated heterocycles. The molecule has 106 valence electrons. The van der Waals surface area contributed by atoms with Crippen molar-refractivity contribution in [1.82, 2.24) is 14.6 Å². The minimum atomic E-state index is -3.36. The summed E-state index contributed by atoms with van der Waals surface area (Å²) in [5.41, 5.74) is 5.51. The van der Waals surface area contributed by atoms with Crippen LogP contribution in [-0.4, -0.2) is 38.2 Å². The largest absolute Gasteiger partial charge is 0.398 e. The van der Waals surface area contributed by atoms with Crippen LogP contribution in [0.15, 0.2) is 23.1 Å². The molecule has 0 saturated carbocycles. The van der Waals surface area contributed by atoms with Gasteiger partial charge < -0.3 is 15.6 Å². The highest BCUT2D eigenvalue weighted by Crippen LogP contribution is 1.95. The van der Waals surface area contributed by atoms with Crippen LogP contribution < -0.4 is 21.3 Å². The Labute approximate surface area is 110 Å². The van der Waals surface area contributed by atoms with E-state index in [1.165, 1.54) is 25.4 Å². The van der Waals surface area contributed by atoms with Gasteiger partial charge in [0.25, 0.3) is 5.56 Å². The first-order valence-electron chi connectivity index (χ1n) is 5.48. The van der Waals surface area contributed by atoms with Gasteiger partial charge in [-0.2, -0.15) is 0 Å². The summed E-state index contributed by atoms with van der Waals surface area (Å²) in [4.78, 5) is 22.9. The fourth-order valence-corrected chi connectivity index (χ4v) is 1.89. The Balaban J connectivity index is 2.52. The van der Waals surface area contributed by atoms with Gasteiger partial charge in [-0.15, -0.1) is 0 Å². The molecule has 0 radical (unpaired) electrons. The van der Waals surface area contributed by atoms with Gasteiger partial charge in [-0.25, -0.2) is 13.1 Å². The molecule has 0 aliphatic rings. The number of amides is 1. The normalized spacial score (nSPS) is 11.2. The van der Waals surface area contributed by atoms with Gasteiger partial charge in [0, 0.05) is 24.5 Å². The van der Waals surface area contributed by atoms with Crippen LogP contribution in [-0.2, 0) is 21.4 Å². The van der Waals surface area contributed by atoms with Crippen molar-refractivity contribution in [2.75, 3.05) is 25.1 Å². The van der Waals surface area contributed by atoms with Crippen LogP contribution in [0.4, 0.5) is 5.69 Å². The number of nitrogens with two attached hydrogens (primary N) is 1. The number of carbonyl (C=O) groups excluding carboxylic acids is 1. The lowest BCUT2D eigenvalue weighted by Gasteiger charge is -2.08. The molecule has 1 amide bonds. The molecular formula is C10H16N4O4S. The monoisotopic (exact) mass is 288 g/mol. The molecule has 9 heteroatoms. The van der Waals surface area contributed by atoms with Crippen molar-refractivity contribution >= 4 is 21.6 Å². The molecular weight excluding hydrogens is 272 g/mol. The first-order chi connectivity index (χ1) is 8.84. The lowest BCUT2D eigenvalue weighted by Crippen LogP contribution is -2.36. The SMILES string of the molecule is CNS(=O)(=O)CCNC(=O)Cn1cc(N)ccc1=O. The number of carbonyl (C=O) groups is 1. The molecule has 0 aliphatic carbocycles. The zero-order valence-corrected chi connectivity index (χ0v) is 11.2. The summed E-state index contributed by atoms with van der Waals surface area (Å²) in [7, 11) is -2.06. The van der Waals surface area contributed by atoms with Crippen LogP contribution in [0.25, 0.3) is 0 Å². The van der Waals surface area contributed by atoms with Crippen molar-refractivity contribution in [2.45, 2.75) is 6.54 Å². The van der Waals surface area contributed by atoms with Crippen molar-refractivity contribution in [3.8, 4) is 0 Å². The molecule has 0 spiro atoms. The third kappa shape index (κ3) is 5.10. The number of anilines is 1. The van der Waals surface area contributed by atoms with E-state index in [1.54, 1.807) is 0 Å². The minimum Gasteiger partial charge on any atom is -0.398 e. The van der Waals surface area contributed by atoms with Crippen molar-refractivity contribution < 1.29 is 13.2 Å². The van der Waals surface area contributed by atoms with Crippen LogP contribution in [0.5, 0.6) is 0 Å². The number of hydrogen-bond acceptors (Lipinski definition) is 5. The Morgan fingerprint density at radius 1 is 1.42 bits per heavy atom. The van der Waals surface area contributed by atoms with E-state index >= 15 is 0 Å². The lowest BCUT2D eigenvalue weighted by molar-refractivity contribution is -0.121. The predicted molar refractivity (Wildman–Crippen MR) is 71.0 cm³/mol. The highest BCUT2D eigenvalue weighted by atomic mass is 32.2. The summed E-state index contributed by atoms with van der Waals surface area (Å²) in [5, 5.41) is 2.41. The van der Waals surface area contributed by atoms with Gasteiger partial charge in [-0.05, 0) is 13.1 Å². The van der Waals surface area contributed by atoms with Gasteiger partial charge in [0.15, 0.2) is 0 Å². The van der Waals surface area contributed by atoms with Gasteiger partial charge in [0.2, 0.25) is 15.9 Å². The molecule has 0 unspecified atom stereocenters. The first-order valence-corrected chi connectivity index (χ1v) is 7.13. The third-order valence-corrected chi connectivity index (χ3v) is 3.69. The van der Waals surface area contributed by atoms with Crippen molar-refractivity contribution in [2.24, 2.45) is 0 Å². The van der Waals surface area contributed by atoms with Crippen LogP contribution >= 0.6 is 0 Å². The molecule has 1 rings (SSSR count). The summed E-state index contributed by atoms with van der Waals surface area (Å²) < 4.78 is 25.5. The molecule has 1 aromatic rings. The van der Waals surface area contributed by atoms with E-state index in [1.807, 2.05) is 0 Å². The van der Waals surface area contributed by atoms with E-state index in [0.29, 0.717) is 5.69 Å². The van der Waals surface area contributed by atoms with Crippen LogP contribution in [0.3, 0.4) is 0 Å². The van der Waals surface area contributed by atoms with Crippen LogP contribution in [0.2, 0.25) is 0 Å². The minimum absolute atomic E-state index is 0.0287. The number of pyridine rings is 1. The zero-order valence-electron chi connectivity index (χ0n) is 10.4. The Hall–Kier alpha value is -1.87. The highest BCUT2D eigenvalue weighted by molar-refractivity contribution is 7.89. The zero-order chi connectivity index (χ0) is 14.5. The van der Waals surface area contributed by atoms with Crippen LogP contribution in [0.1, 0.15) is 0 Å². The number of nitrogens with zero attached hydrogens (tertiary/aromatic N) is 1. The summed E-state index contributed by atoms with van der Waals surface area (Å²) in [6.45, 7) is -0.234. The summed E-state index contributed by atoms with van der Waals surface area (Å²) >= 11 is 0. The van der Waals surface area contributed by atoms with Gasteiger partial charge >= 0.3 is 0 Å². The Morgan fingerprint density at radius 3 is 2.74 bits per heavy atom. The fourth-order valence-electron chi connectivity index (χ4n) is 1.31. The summed E-state index contributed by atoms with van der Waals surface area (Å²) in [5.74, 6) is -0.680. The number of rotatable bonds is 6. The molecule has 1 aromatic heterocycles. The smallest absolute Gasteiger partial charge is 0.251 e. The number of nitrogens with one attached hydrogen (secondary N) is 2. The number of aromatic nitrogens is 1. The molecule has 0 bridgehead atoms. The van der Waals surface area contributed by atoms with E-state index < -0.39 is 15.9 Å². The Morgan fingerprint density at radius 2 is 2.11 bits per heavy atom. The molecule has 19 heavy (non-hydrogen) atoms. The first kappa shape index (κ1) is 15.2. The molecule has 0 aromatic carbocycles. The molecule has 8 nitrogen and oxygen atoms in total.